The summed E-state index contributed by atoms with van der Waals surface area (Å²) in [6, 6.07) is 8.12. The van der Waals surface area contributed by atoms with Crippen LogP contribution in [0.25, 0.3) is 0 Å². The molecule has 24 heavy (non-hydrogen) atoms. The summed E-state index contributed by atoms with van der Waals surface area (Å²) in [5.41, 5.74) is -1.33. The Kier molecular flexibility index (Phi) is 4.60. The lowest BCUT2D eigenvalue weighted by Crippen LogP contribution is -2.16. The monoisotopic (exact) mass is 330 g/mol. The van der Waals surface area contributed by atoms with Crippen molar-refractivity contribution in [3.63, 3.8) is 0 Å². The number of carbonyl (C=O) groups is 4. The van der Waals surface area contributed by atoms with Gasteiger partial charge in [-0.05, 0) is 30.3 Å². The minimum absolute atomic E-state index is 0.283. The molecule has 0 aliphatic heterocycles. The summed E-state index contributed by atoms with van der Waals surface area (Å²) >= 11 is 0. The maximum atomic E-state index is 12.2. The van der Waals surface area contributed by atoms with Crippen LogP contribution in [0.5, 0.6) is 5.75 Å². The van der Waals surface area contributed by atoms with Crippen LogP contribution in [-0.4, -0.2) is 39.2 Å². The lowest BCUT2D eigenvalue weighted by molar-refractivity contribution is 0.0649. The van der Waals surface area contributed by atoms with E-state index in [0.29, 0.717) is 0 Å². The van der Waals surface area contributed by atoms with Gasteiger partial charge in [0.15, 0.2) is 0 Å². The summed E-state index contributed by atoms with van der Waals surface area (Å²) < 4.78 is 4.93. The number of ether oxygens (including phenoxy) is 1. The van der Waals surface area contributed by atoms with E-state index in [4.69, 9.17) is 20.1 Å². The second-order valence-corrected chi connectivity index (χ2v) is 4.56. The van der Waals surface area contributed by atoms with Gasteiger partial charge in [0.05, 0.1) is 16.7 Å². The number of benzene rings is 2. The number of carbonyl (C=O) groups excluding carboxylic acids is 1. The maximum Gasteiger partial charge on any atom is 0.344 e. The van der Waals surface area contributed by atoms with E-state index in [-0.39, 0.29) is 16.7 Å². The molecule has 8 heteroatoms. The molecule has 8 nitrogen and oxygen atoms in total. The first-order chi connectivity index (χ1) is 11.3. The van der Waals surface area contributed by atoms with E-state index in [1.807, 2.05) is 0 Å². The molecule has 0 spiro atoms. The summed E-state index contributed by atoms with van der Waals surface area (Å²) in [5, 5.41) is 27.1. The maximum absolute atomic E-state index is 12.2. The van der Waals surface area contributed by atoms with Gasteiger partial charge >= 0.3 is 23.9 Å². The van der Waals surface area contributed by atoms with Crippen molar-refractivity contribution in [3.8, 4) is 5.75 Å². The third-order valence-electron chi connectivity index (χ3n) is 3.04. The van der Waals surface area contributed by atoms with E-state index in [9.17, 15) is 19.2 Å². The summed E-state index contributed by atoms with van der Waals surface area (Å²) in [6.45, 7) is 0. The molecule has 2 aromatic carbocycles. The predicted molar refractivity (Wildman–Crippen MR) is 78.7 cm³/mol. The zero-order valence-corrected chi connectivity index (χ0v) is 11.9. The van der Waals surface area contributed by atoms with Crippen molar-refractivity contribution < 1.29 is 39.2 Å². The zero-order valence-electron chi connectivity index (χ0n) is 11.9. The fraction of sp³-hybridized carbons (Fsp3) is 0. The number of hydrogen-bond donors (Lipinski definition) is 3. The average Bonchev–Trinajstić information content (AvgIpc) is 2.54. The Labute approximate surface area is 134 Å². The summed E-state index contributed by atoms with van der Waals surface area (Å²) in [5.74, 6) is -5.73. The molecular formula is C16H10O8. The highest BCUT2D eigenvalue weighted by atomic mass is 16.5. The van der Waals surface area contributed by atoms with Crippen molar-refractivity contribution >= 4 is 23.9 Å². The van der Waals surface area contributed by atoms with E-state index in [2.05, 4.69) is 0 Å². The van der Waals surface area contributed by atoms with Gasteiger partial charge < -0.3 is 20.1 Å². The minimum Gasteiger partial charge on any atom is -0.478 e. The molecule has 0 saturated carbocycles. The quantitative estimate of drug-likeness (QED) is 0.559. The Balaban J connectivity index is 2.45. The Bertz CT molecular complexity index is 853. The second kappa shape index (κ2) is 6.61. The molecule has 0 amide bonds. The Morgan fingerprint density at radius 3 is 1.83 bits per heavy atom. The normalized spacial score (nSPS) is 10.0. The molecule has 0 unspecified atom stereocenters. The molecule has 0 radical (unpaired) electrons. The highest BCUT2D eigenvalue weighted by molar-refractivity contribution is 6.04. The lowest BCUT2D eigenvalue weighted by Gasteiger charge is -2.10. The largest absolute Gasteiger partial charge is 0.478 e. The van der Waals surface area contributed by atoms with Gasteiger partial charge in [0.1, 0.15) is 11.3 Å². The van der Waals surface area contributed by atoms with E-state index in [0.717, 1.165) is 18.2 Å². The predicted octanol–water partition coefficient (Wildman–Crippen LogP) is 2.00. The topological polar surface area (TPSA) is 138 Å². The molecule has 0 aliphatic rings. The Morgan fingerprint density at radius 1 is 0.708 bits per heavy atom. The van der Waals surface area contributed by atoms with Crippen LogP contribution in [0.1, 0.15) is 41.4 Å². The first-order valence-corrected chi connectivity index (χ1v) is 6.46. The van der Waals surface area contributed by atoms with Gasteiger partial charge in [0, 0.05) is 0 Å². The number of hydrogen-bond acceptors (Lipinski definition) is 5. The fourth-order valence-corrected chi connectivity index (χ4v) is 1.92. The van der Waals surface area contributed by atoms with E-state index in [1.54, 1.807) is 0 Å². The van der Waals surface area contributed by atoms with Gasteiger partial charge in [-0.25, -0.2) is 19.2 Å². The van der Waals surface area contributed by atoms with Gasteiger partial charge in [-0.3, -0.25) is 0 Å². The first-order valence-electron chi connectivity index (χ1n) is 6.46. The molecule has 0 heterocycles. The first kappa shape index (κ1) is 16.7. The number of carboxylic acid groups (broad SMARTS) is 3. The van der Waals surface area contributed by atoms with Crippen LogP contribution in [0.3, 0.4) is 0 Å². The zero-order chi connectivity index (χ0) is 17.9. The van der Waals surface area contributed by atoms with Crippen molar-refractivity contribution in [2.24, 2.45) is 0 Å². The van der Waals surface area contributed by atoms with E-state index >= 15 is 0 Å². The summed E-state index contributed by atoms with van der Waals surface area (Å²) in [7, 11) is 0. The Hall–Kier alpha value is -3.68. The van der Waals surface area contributed by atoms with Crippen LogP contribution in [0.2, 0.25) is 0 Å². The van der Waals surface area contributed by atoms with Gasteiger partial charge in [-0.2, -0.15) is 0 Å². The van der Waals surface area contributed by atoms with Crippen molar-refractivity contribution in [3.05, 3.63) is 64.7 Å². The number of carboxylic acids is 3. The van der Waals surface area contributed by atoms with Crippen LogP contribution in [-0.2, 0) is 0 Å². The standard InChI is InChI=1S/C16H10O8/c17-13(18)8-5-6-11(15(21)22)12(7-8)24-16(23)10-4-2-1-3-9(10)14(19)20/h1-7H,(H,17,18)(H,19,20)(H,21,22). The summed E-state index contributed by atoms with van der Waals surface area (Å²) in [6.07, 6.45) is 0. The summed E-state index contributed by atoms with van der Waals surface area (Å²) in [4.78, 5) is 45.4. The molecule has 122 valence electrons. The lowest BCUT2D eigenvalue weighted by atomic mass is 10.1. The molecule has 0 saturated heterocycles. The second-order valence-electron chi connectivity index (χ2n) is 4.56. The van der Waals surface area contributed by atoms with Crippen molar-refractivity contribution in [2.75, 3.05) is 0 Å². The molecule has 2 rings (SSSR count). The molecule has 3 N–H and O–H groups in total. The van der Waals surface area contributed by atoms with Gasteiger partial charge in [-0.1, -0.05) is 12.1 Å². The van der Waals surface area contributed by atoms with Crippen LogP contribution >= 0.6 is 0 Å². The fourth-order valence-electron chi connectivity index (χ4n) is 1.92. The smallest absolute Gasteiger partial charge is 0.344 e. The minimum atomic E-state index is -1.43. The number of aromatic carboxylic acids is 3. The highest BCUT2D eigenvalue weighted by Gasteiger charge is 2.21. The van der Waals surface area contributed by atoms with Crippen molar-refractivity contribution in [2.45, 2.75) is 0 Å². The molecule has 0 aliphatic carbocycles. The van der Waals surface area contributed by atoms with Gasteiger partial charge in [-0.15, -0.1) is 0 Å². The van der Waals surface area contributed by atoms with Gasteiger partial charge in [0.2, 0.25) is 0 Å². The molecule has 0 fully saturated rings. The van der Waals surface area contributed by atoms with E-state index < -0.39 is 35.2 Å². The third kappa shape index (κ3) is 3.38. The van der Waals surface area contributed by atoms with Gasteiger partial charge in [0.25, 0.3) is 0 Å². The van der Waals surface area contributed by atoms with Crippen molar-refractivity contribution in [1.29, 1.82) is 0 Å². The van der Waals surface area contributed by atoms with Crippen LogP contribution < -0.4 is 4.74 Å². The molecule has 0 bridgehead atoms. The average molecular weight is 330 g/mol. The number of esters is 1. The SMILES string of the molecule is O=C(O)c1ccc(C(=O)O)c(OC(=O)c2ccccc2C(=O)O)c1. The van der Waals surface area contributed by atoms with Crippen LogP contribution in [0, 0.1) is 0 Å². The highest BCUT2D eigenvalue weighted by Crippen LogP contribution is 2.23. The molecular weight excluding hydrogens is 320 g/mol. The third-order valence-corrected chi connectivity index (χ3v) is 3.04. The van der Waals surface area contributed by atoms with E-state index in [1.165, 1.54) is 24.3 Å². The molecule has 0 atom stereocenters. The Morgan fingerprint density at radius 2 is 1.29 bits per heavy atom. The van der Waals surface area contributed by atoms with Crippen molar-refractivity contribution in [1.82, 2.24) is 0 Å². The van der Waals surface area contributed by atoms with Crippen LogP contribution in [0.15, 0.2) is 42.5 Å². The molecule has 2 aromatic rings. The van der Waals surface area contributed by atoms with Crippen LogP contribution in [0.4, 0.5) is 0 Å². The number of rotatable bonds is 5. The molecule has 0 aromatic heterocycles.